The summed E-state index contributed by atoms with van der Waals surface area (Å²) in [6.45, 7) is 0.751. The topological polar surface area (TPSA) is 66.7 Å². The van der Waals surface area contributed by atoms with Crippen molar-refractivity contribution in [3.8, 4) is 0 Å². The molecule has 0 N–H and O–H groups in total. The Labute approximate surface area is 105 Å². The molecule has 2 rings (SSSR count). The van der Waals surface area contributed by atoms with E-state index in [9.17, 15) is 14.9 Å². The summed E-state index contributed by atoms with van der Waals surface area (Å²) in [6.07, 6.45) is 0.781. The molecule has 0 radical (unpaired) electrons. The van der Waals surface area contributed by atoms with Crippen LogP contribution in [0.2, 0.25) is 0 Å². The van der Waals surface area contributed by atoms with Gasteiger partial charge in [0.05, 0.1) is 4.92 Å². The van der Waals surface area contributed by atoms with Gasteiger partial charge >= 0.3 is 0 Å². The van der Waals surface area contributed by atoms with Crippen LogP contribution in [0.25, 0.3) is 0 Å². The largest absolute Gasteiger partial charge is 0.363 e. The lowest BCUT2D eigenvalue weighted by Crippen LogP contribution is -2.38. The van der Waals surface area contributed by atoms with E-state index >= 15 is 0 Å². The molecule has 1 saturated heterocycles. The van der Waals surface area contributed by atoms with Gasteiger partial charge in [-0.15, -0.1) is 0 Å². The molecule has 0 bridgehead atoms. The van der Waals surface area contributed by atoms with Gasteiger partial charge in [-0.1, -0.05) is 0 Å². The third-order valence-electron chi connectivity index (χ3n) is 3.33. The van der Waals surface area contributed by atoms with E-state index in [0.29, 0.717) is 0 Å². The molecule has 0 aromatic heterocycles. The van der Waals surface area contributed by atoms with Crippen molar-refractivity contribution in [2.24, 2.45) is 0 Å². The normalized spacial score (nSPS) is 19.1. The fraction of sp³-hybridized carbons (Fsp3) is 0.417. The van der Waals surface area contributed by atoms with Crippen LogP contribution in [0.4, 0.5) is 11.4 Å². The van der Waals surface area contributed by atoms with E-state index in [-0.39, 0.29) is 17.6 Å². The van der Waals surface area contributed by atoms with E-state index in [1.807, 2.05) is 11.9 Å². The fourth-order valence-corrected chi connectivity index (χ4v) is 2.15. The Bertz CT molecular complexity index is 472. The number of carbonyl (C=O) groups excluding carboxylic acids is 1. The molecule has 6 nitrogen and oxygen atoms in total. The van der Waals surface area contributed by atoms with Crippen molar-refractivity contribution in [2.45, 2.75) is 12.5 Å². The number of benzene rings is 1. The first-order valence-corrected chi connectivity index (χ1v) is 5.73. The number of non-ortho nitro benzene ring substituents is 1. The van der Waals surface area contributed by atoms with Gasteiger partial charge in [-0.25, -0.2) is 0 Å². The lowest BCUT2D eigenvalue weighted by molar-refractivity contribution is -0.384. The standard InChI is InChI=1S/C12H15N3O3/c1-13-8-7-11(12(13)16)14(2)9-3-5-10(6-4-9)15(17)18/h3-6,11H,7-8H2,1-2H3. The van der Waals surface area contributed by atoms with Crippen LogP contribution in [0.5, 0.6) is 0 Å². The summed E-state index contributed by atoms with van der Waals surface area (Å²) in [5.74, 6) is 0.0934. The van der Waals surface area contributed by atoms with E-state index < -0.39 is 4.92 Å². The van der Waals surface area contributed by atoms with Gasteiger partial charge in [0, 0.05) is 38.5 Å². The number of likely N-dealkylation sites (tertiary alicyclic amines) is 1. The highest BCUT2D eigenvalue weighted by Gasteiger charge is 2.32. The fourth-order valence-electron chi connectivity index (χ4n) is 2.15. The van der Waals surface area contributed by atoms with Gasteiger partial charge in [0.15, 0.2) is 0 Å². The highest BCUT2D eigenvalue weighted by molar-refractivity contribution is 5.87. The summed E-state index contributed by atoms with van der Waals surface area (Å²) in [5, 5.41) is 10.6. The number of anilines is 1. The van der Waals surface area contributed by atoms with Crippen LogP contribution in [0, 0.1) is 10.1 Å². The molecular formula is C12H15N3O3. The monoisotopic (exact) mass is 249 g/mol. The summed E-state index contributed by atoms with van der Waals surface area (Å²) in [4.78, 5) is 25.6. The first kappa shape index (κ1) is 12.3. The number of hydrogen-bond donors (Lipinski definition) is 0. The van der Waals surface area contributed by atoms with E-state index in [0.717, 1.165) is 18.7 Å². The highest BCUT2D eigenvalue weighted by atomic mass is 16.6. The molecule has 1 amide bonds. The maximum absolute atomic E-state index is 11.9. The minimum absolute atomic E-state index is 0.0574. The number of nitrogens with zero attached hydrogens (tertiary/aromatic N) is 3. The molecular weight excluding hydrogens is 234 g/mol. The molecule has 1 aromatic rings. The number of nitro benzene ring substituents is 1. The van der Waals surface area contributed by atoms with Gasteiger partial charge in [0.25, 0.3) is 5.69 Å². The van der Waals surface area contributed by atoms with Gasteiger partial charge in [-0.2, -0.15) is 0 Å². The smallest absolute Gasteiger partial charge is 0.269 e. The average molecular weight is 249 g/mol. The molecule has 1 unspecified atom stereocenters. The van der Waals surface area contributed by atoms with Crippen molar-refractivity contribution in [3.05, 3.63) is 34.4 Å². The van der Waals surface area contributed by atoms with Crippen molar-refractivity contribution in [2.75, 3.05) is 25.5 Å². The second-order valence-electron chi connectivity index (χ2n) is 4.45. The minimum atomic E-state index is -0.432. The van der Waals surface area contributed by atoms with Gasteiger partial charge in [-0.3, -0.25) is 14.9 Å². The highest BCUT2D eigenvalue weighted by Crippen LogP contribution is 2.23. The number of rotatable bonds is 3. The average Bonchev–Trinajstić information content (AvgIpc) is 2.69. The Morgan fingerprint density at radius 3 is 2.44 bits per heavy atom. The lowest BCUT2D eigenvalue weighted by atomic mass is 10.2. The zero-order chi connectivity index (χ0) is 13.3. The summed E-state index contributed by atoms with van der Waals surface area (Å²) >= 11 is 0. The zero-order valence-corrected chi connectivity index (χ0v) is 10.4. The molecule has 1 heterocycles. The number of likely N-dealkylation sites (N-methyl/N-ethyl adjacent to an activating group) is 2. The Balaban J connectivity index is 2.16. The summed E-state index contributed by atoms with van der Waals surface area (Å²) in [7, 11) is 3.62. The summed E-state index contributed by atoms with van der Waals surface area (Å²) in [5.41, 5.74) is 0.872. The maximum atomic E-state index is 11.9. The Morgan fingerprint density at radius 1 is 1.39 bits per heavy atom. The van der Waals surface area contributed by atoms with Crippen LogP contribution >= 0.6 is 0 Å². The molecule has 96 valence electrons. The molecule has 0 saturated carbocycles. The van der Waals surface area contributed by atoms with Crippen LogP contribution in [0.1, 0.15) is 6.42 Å². The van der Waals surface area contributed by atoms with E-state index in [1.165, 1.54) is 12.1 Å². The molecule has 18 heavy (non-hydrogen) atoms. The van der Waals surface area contributed by atoms with Gasteiger partial charge in [-0.05, 0) is 18.6 Å². The first-order chi connectivity index (χ1) is 8.50. The predicted octanol–water partition coefficient (Wildman–Crippen LogP) is 1.26. The summed E-state index contributed by atoms with van der Waals surface area (Å²) < 4.78 is 0. The van der Waals surface area contributed by atoms with Crippen molar-refractivity contribution in [3.63, 3.8) is 0 Å². The third kappa shape index (κ3) is 2.13. The van der Waals surface area contributed by atoms with Gasteiger partial charge in [0.1, 0.15) is 6.04 Å². The van der Waals surface area contributed by atoms with Crippen LogP contribution in [0.15, 0.2) is 24.3 Å². The second kappa shape index (κ2) is 4.64. The zero-order valence-electron chi connectivity index (χ0n) is 10.4. The minimum Gasteiger partial charge on any atom is -0.363 e. The Hall–Kier alpha value is -2.11. The summed E-state index contributed by atoms with van der Waals surface area (Å²) in [6, 6.07) is 6.08. The molecule has 1 aliphatic heterocycles. The molecule has 1 fully saturated rings. The molecule has 1 aromatic carbocycles. The van der Waals surface area contributed by atoms with Crippen LogP contribution < -0.4 is 4.90 Å². The van der Waals surface area contributed by atoms with Crippen molar-refractivity contribution in [1.29, 1.82) is 0 Å². The molecule has 0 aliphatic carbocycles. The van der Waals surface area contributed by atoms with Crippen molar-refractivity contribution in [1.82, 2.24) is 4.90 Å². The van der Waals surface area contributed by atoms with Crippen LogP contribution in [0.3, 0.4) is 0 Å². The SMILES string of the molecule is CN1CCC(N(C)c2ccc([N+](=O)[O-])cc2)C1=O. The maximum Gasteiger partial charge on any atom is 0.269 e. The molecule has 1 aliphatic rings. The molecule has 1 atom stereocenters. The number of hydrogen-bond acceptors (Lipinski definition) is 4. The Morgan fingerprint density at radius 2 is 2.00 bits per heavy atom. The predicted molar refractivity (Wildman–Crippen MR) is 67.5 cm³/mol. The first-order valence-electron chi connectivity index (χ1n) is 5.73. The second-order valence-corrected chi connectivity index (χ2v) is 4.45. The third-order valence-corrected chi connectivity index (χ3v) is 3.33. The van der Waals surface area contributed by atoms with E-state index in [4.69, 9.17) is 0 Å². The number of nitro groups is 1. The van der Waals surface area contributed by atoms with Gasteiger partial charge in [0.2, 0.25) is 5.91 Å². The lowest BCUT2D eigenvalue weighted by Gasteiger charge is -2.25. The quantitative estimate of drug-likeness (QED) is 0.597. The molecule has 6 heteroatoms. The molecule has 0 spiro atoms. The Kier molecular flexibility index (Phi) is 3.18. The van der Waals surface area contributed by atoms with Crippen molar-refractivity contribution >= 4 is 17.3 Å². The van der Waals surface area contributed by atoms with Crippen molar-refractivity contribution < 1.29 is 9.72 Å². The van der Waals surface area contributed by atoms with E-state index in [2.05, 4.69) is 0 Å². The van der Waals surface area contributed by atoms with Gasteiger partial charge < -0.3 is 9.80 Å². The number of amides is 1. The van der Waals surface area contributed by atoms with Crippen LogP contribution in [-0.4, -0.2) is 42.4 Å². The van der Waals surface area contributed by atoms with Crippen LogP contribution in [-0.2, 0) is 4.79 Å². The van der Waals surface area contributed by atoms with E-state index in [1.54, 1.807) is 24.1 Å². The number of carbonyl (C=O) groups is 1.